The predicted molar refractivity (Wildman–Crippen MR) is 29.2 cm³/mol. The smallest absolute Gasteiger partial charge is 0.199 e. The van der Waals surface area contributed by atoms with Crippen LogP contribution >= 0.6 is 15.9 Å². The van der Waals surface area contributed by atoms with Crippen molar-refractivity contribution < 1.29 is 30.7 Å². The maximum absolute atomic E-state index is 11.9. The van der Waals surface area contributed by atoms with E-state index in [4.69, 9.17) is 0 Å². The number of hydrogen-bond acceptors (Lipinski definition) is 0. The van der Waals surface area contributed by atoms with E-state index >= 15 is 0 Å². The highest BCUT2D eigenvalue weighted by Gasteiger charge is 2.60. The second-order valence-electron chi connectivity index (χ2n) is 1.65. The van der Waals surface area contributed by atoms with Crippen LogP contribution in [-0.2, 0) is 0 Å². The van der Waals surface area contributed by atoms with E-state index in [0.29, 0.717) is 0 Å². The molecule has 0 rings (SSSR count). The van der Waals surface area contributed by atoms with Crippen molar-refractivity contribution in [1.29, 1.82) is 0 Å². The highest BCUT2D eigenvalue weighted by molar-refractivity contribution is 9.10. The molecule has 0 unspecified atom stereocenters. The van der Waals surface area contributed by atoms with Crippen molar-refractivity contribution >= 4 is 15.9 Å². The molecule has 0 heterocycles. The SMILES string of the molecule is FC(F)=C(F)C(F)(F)C(F)(F)Br. The summed E-state index contributed by atoms with van der Waals surface area (Å²) in [6.45, 7) is 0. The van der Waals surface area contributed by atoms with Gasteiger partial charge in [0.2, 0.25) is 5.83 Å². The fourth-order valence-corrected chi connectivity index (χ4v) is 0.417. The zero-order chi connectivity index (χ0) is 10.2. The highest BCUT2D eigenvalue weighted by atomic mass is 79.9. The lowest BCUT2D eigenvalue weighted by Crippen LogP contribution is -2.35. The van der Waals surface area contributed by atoms with Crippen molar-refractivity contribution in [2.75, 3.05) is 0 Å². The second kappa shape index (κ2) is 3.23. The van der Waals surface area contributed by atoms with Gasteiger partial charge in [0.1, 0.15) is 0 Å². The minimum Gasteiger partial charge on any atom is -0.199 e. The molecule has 72 valence electrons. The van der Waals surface area contributed by atoms with Gasteiger partial charge in [0.15, 0.2) is 0 Å². The third-order valence-corrected chi connectivity index (χ3v) is 1.30. The quantitative estimate of drug-likeness (QED) is 0.525. The van der Waals surface area contributed by atoms with Crippen LogP contribution < -0.4 is 0 Å². The van der Waals surface area contributed by atoms with Crippen LogP contribution in [0.5, 0.6) is 0 Å². The molecule has 0 fully saturated rings. The molecule has 0 amide bonds. The van der Waals surface area contributed by atoms with E-state index in [9.17, 15) is 30.7 Å². The molecular formula is C4BrF7. The average molecular weight is 261 g/mol. The minimum absolute atomic E-state index is 1.08. The largest absolute Gasteiger partial charge is 0.376 e. The van der Waals surface area contributed by atoms with Gasteiger partial charge < -0.3 is 0 Å². The Morgan fingerprint density at radius 2 is 1.25 bits per heavy atom. The fourth-order valence-electron chi connectivity index (χ4n) is 0.243. The molecule has 0 aromatic heterocycles. The molecule has 0 aliphatic rings. The van der Waals surface area contributed by atoms with Gasteiger partial charge in [0.05, 0.1) is 0 Å². The first-order valence-electron chi connectivity index (χ1n) is 2.26. The van der Waals surface area contributed by atoms with Crippen LogP contribution in [0.3, 0.4) is 0 Å². The lowest BCUT2D eigenvalue weighted by atomic mass is 10.3. The normalized spacial score (nSPS) is 13.0. The van der Waals surface area contributed by atoms with Crippen molar-refractivity contribution in [2.45, 2.75) is 10.8 Å². The van der Waals surface area contributed by atoms with Crippen molar-refractivity contribution in [1.82, 2.24) is 0 Å². The first kappa shape index (κ1) is 11.7. The topological polar surface area (TPSA) is 0 Å². The van der Waals surface area contributed by atoms with Gasteiger partial charge in [0, 0.05) is 0 Å². The summed E-state index contributed by atoms with van der Waals surface area (Å²) in [7, 11) is 0. The highest BCUT2D eigenvalue weighted by Crippen LogP contribution is 2.45. The van der Waals surface area contributed by atoms with E-state index in [1.54, 1.807) is 0 Å². The van der Waals surface area contributed by atoms with Crippen LogP contribution in [0.15, 0.2) is 11.9 Å². The standard InChI is InChI=1S/C4BrF7/c5-4(11,12)3(9,10)1(6)2(7)8. The second-order valence-corrected chi connectivity index (χ2v) is 2.64. The number of allylic oxidation sites excluding steroid dienone is 1. The van der Waals surface area contributed by atoms with E-state index in [1.165, 1.54) is 0 Å². The van der Waals surface area contributed by atoms with Crippen LogP contribution in [-0.4, -0.2) is 10.8 Å². The van der Waals surface area contributed by atoms with Gasteiger partial charge in [-0.1, -0.05) is 0 Å². The number of hydrogen-bond donors (Lipinski definition) is 0. The van der Waals surface area contributed by atoms with Crippen molar-refractivity contribution in [2.24, 2.45) is 0 Å². The molecule has 0 aliphatic carbocycles. The van der Waals surface area contributed by atoms with Gasteiger partial charge in [-0.05, 0) is 15.9 Å². The zero-order valence-corrected chi connectivity index (χ0v) is 6.61. The summed E-state index contributed by atoms with van der Waals surface area (Å²) in [5, 5.41) is 0. The van der Waals surface area contributed by atoms with E-state index in [0.717, 1.165) is 15.9 Å². The Labute approximate surface area is 70.2 Å². The maximum Gasteiger partial charge on any atom is 0.376 e. The molecule has 0 aromatic carbocycles. The summed E-state index contributed by atoms with van der Waals surface area (Å²) in [6.07, 6.45) is -3.47. The predicted octanol–water partition coefficient (Wildman–Crippen LogP) is 3.69. The summed E-state index contributed by atoms with van der Waals surface area (Å²) >= 11 is 1.08. The molecule has 8 heteroatoms. The summed E-state index contributed by atoms with van der Waals surface area (Å²) in [5.41, 5.74) is 0. The molecular weight excluding hydrogens is 261 g/mol. The summed E-state index contributed by atoms with van der Waals surface area (Å²) in [4.78, 5) is -5.03. The van der Waals surface area contributed by atoms with Gasteiger partial charge in [-0.15, -0.1) is 0 Å². The van der Waals surface area contributed by atoms with Crippen molar-refractivity contribution in [3.8, 4) is 0 Å². The molecule has 0 radical (unpaired) electrons. The molecule has 0 spiro atoms. The van der Waals surface area contributed by atoms with E-state index in [2.05, 4.69) is 0 Å². The van der Waals surface area contributed by atoms with Crippen LogP contribution in [0.25, 0.3) is 0 Å². The number of alkyl halides is 5. The first-order valence-corrected chi connectivity index (χ1v) is 3.05. The third-order valence-electron chi connectivity index (χ3n) is 0.798. The van der Waals surface area contributed by atoms with Gasteiger partial charge in [-0.25, -0.2) is 0 Å². The molecule has 0 nitrogen and oxygen atoms in total. The Bertz CT molecular complexity index is 198. The molecule has 0 N–H and O–H groups in total. The molecule has 0 saturated carbocycles. The first-order chi connectivity index (χ1) is 5.10. The Kier molecular flexibility index (Phi) is 3.16. The van der Waals surface area contributed by atoms with E-state index in [-0.39, 0.29) is 0 Å². The Morgan fingerprint density at radius 3 is 1.33 bits per heavy atom. The van der Waals surface area contributed by atoms with Gasteiger partial charge in [-0.2, -0.15) is 30.7 Å². The molecule has 0 aromatic rings. The zero-order valence-electron chi connectivity index (χ0n) is 5.02. The summed E-state index contributed by atoms with van der Waals surface area (Å²) < 4.78 is 81.0. The lowest BCUT2D eigenvalue weighted by molar-refractivity contribution is -0.134. The Hall–Kier alpha value is -0.270. The monoisotopic (exact) mass is 260 g/mol. The van der Waals surface area contributed by atoms with Gasteiger partial charge in [-0.3, -0.25) is 0 Å². The molecule has 0 saturated heterocycles. The van der Waals surface area contributed by atoms with E-state index < -0.39 is 22.7 Å². The van der Waals surface area contributed by atoms with E-state index in [1.807, 2.05) is 0 Å². The van der Waals surface area contributed by atoms with Crippen LogP contribution in [0.4, 0.5) is 30.7 Å². The molecule has 0 bridgehead atoms. The maximum atomic E-state index is 11.9. The van der Waals surface area contributed by atoms with Crippen LogP contribution in [0, 0.1) is 0 Å². The minimum atomic E-state index is -5.54. The lowest BCUT2D eigenvalue weighted by Gasteiger charge is -2.18. The number of rotatable bonds is 2. The van der Waals surface area contributed by atoms with Gasteiger partial charge in [0.25, 0.3) is 0 Å². The summed E-state index contributed by atoms with van der Waals surface area (Å²) in [6, 6.07) is 0. The van der Waals surface area contributed by atoms with Crippen LogP contribution in [0.2, 0.25) is 0 Å². The average Bonchev–Trinajstić information content (AvgIpc) is 1.83. The summed E-state index contributed by atoms with van der Waals surface area (Å²) in [5.74, 6) is -8.98. The fraction of sp³-hybridized carbons (Fsp3) is 0.500. The van der Waals surface area contributed by atoms with Crippen molar-refractivity contribution in [3.05, 3.63) is 11.9 Å². The molecule has 0 aliphatic heterocycles. The Morgan fingerprint density at radius 1 is 0.917 bits per heavy atom. The Balaban J connectivity index is 5.01. The van der Waals surface area contributed by atoms with Crippen molar-refractivity contribution in [3.63, 3.8) is 0 Å². The van der Waals surface area contributed by atoms with Gasteiger partial charge >= 0.3 is 16.8 Å². The number of halogens is 8. The van der Waals surface area contributed by atoms with Crippen LogP contribution in [0.1, 0.15) is 0 Å². The molecule has 12 heavy (non-hydrogen) atoms. The third kappa shape index (κ3) is 2.11. The molecule has 0 atom stereocenters.